The first-order valence-electron chi connectivity index (χ1n) is 9.13. The van der Waals surface area contributed by atoms with Gasteiger partial charge in [0.1, 0.15) is 5.56 Å². The molecule has 0 unspecified atom stereocenters. The number of carbonyl (C=O) groups is 1. The van der Waals surface area contributed by atoms with Crippen LogP contribution in [-0.2, 0) is 0 Å². The summed E-state index contributed by atoms with van der Waals surface area (Å²) < 4.78 is 1.71. The predicted molar refractivity (Wildman–Crippen MR) is 116 cm³/mol. The second-order valence-corrected chi connectivity index (χ2v) is 7.45. The molecule has 2 aromatic carbocycles. The second-order valence-electron chi connectivity index (χ2n) is 6.50. The van der Waals surface area contributed by atoms with E-state index >= 15 is 0 Å². The van der Waals surface area contributed by atoms with E-state index in [1.807, 2.05) is 66.0 Å². The van der Waals surface area contributed by atoms with Crippen molar-refractivity contribution in [1.82, 2.24) is 14.6 Å². The number of thiophene rings is 1. The standard InChI is InChI=1S/C23H16N4OS/c28-23(26-18-10-8-17(9-11-18)16-5-2-1-3-6-16)19-15-25-27-20(12-13-24-22(19)27)21-7-4-14-29-21/h1-15H,(H,26,28). The fourth-order valence-electron chi connectivity index (χ4n) is 3.24. The molecule has 29 heavy (non-hydrogen) atoms. The van der Waals surface area contributed by atoms with E-state index in [1.54, 1.807) is 28.2 Å². The number of hydrogen-bond donors (Lipinski definition) is 1. The highest BCUT2D eigenvalue weighted by Crippen LogP contribution is 2.26. The molecule has 0 aliphatic heterocycles. The summed E-state index contributed by atoms with van der Waals surface area (Å²) in [6, 6.07) is 23.8. The molecule has 1 amide bonds. The molecule has 0 bridgehead atoms. The number of aromatic nitrogens is 3. The van der Waals surface area contributed by atoms with Crippen molar-refractivity contribution in [1.29, 1.82) is 0 Å². The van der Waals surface area contributed by atoms with E-state index in [4.69, 9.17) is 0 Å². The lowest BCUT2D eigenvalue weighted by Gasteiger charge is -2.06. The molecule has 5 rings (SSSR count). The molecule has 0 saturated carbocycles. The third-order valence-electron chi connectivity index (χ3n) is 4.67. The fraction of sp³-hybridized carbons (Fsp3) is 0. The van der Waals surface area contributed by atoms with Crippen LogP contribution in [0.3, 0.4) is 0 Å². The van der Waals surface area contributed by atoms with Gasteiger partial charge >= 0.3 is 0 Å². The maximum Gasteiger partial charge on any atom is 0.261 e. The van der Waals surface area contributed by atoms with E-state index in [0.29, 0.717) is 11.2 Å². The molecular formula is C23H16N4OS. The highest BCUT2D eigenvalue weighted by Gasteiger charge is 2.16. The van der Waals surface area contributed by atoms with Crippen LogP contribution in [0, 0.1) is 0 Å². The van der Waals surface area contributed by atoms with Gasteiger partial charge < -0.3 is 5.32 Å². The molecule has 5 nitrogen and oxygen atoms in total. The van der Waals surface area contributed by atoms with Gasteiger partial charge in [0.25, 0.3) is 5.91 Å². The molecule has 140 valence electrons. The Morgan fingerprint density at radius 2 is 1.69 bits per heavy atom. The Morgan fingerprint density at radius 3 is 2.45 bits per heavy atom. The van der Waals surface area contributed by atoms with Gasteiger partial charge in [-0.05, 0) is 40.8 Å². The van der Waals surface area contributed by atoms with Gasteiger partial charge in [0.05, 0.1) is 16.8 Å². The molecule has 0 aliphatic carbocycles. The molecule has 0 atom stereocenters. The maximum absolute atomic E-state index is 12.8. The largest absolute Gasteiger partial charge is 0.322 e. The maximum atomic E-state index is 12.8. The van der Waals surface area contributed by atoms with Crippen LogP contribution in [0.1, 0.15) is 10.4 Å². The van der Waals surface area contributed by atoms with Crippen LogP contribution in [0.15, 0.2) is 90.6 Å². The van der Waals surface area contributed by atoms with Crippen LogP contribution in [0.25, 0.3) is 27.3 Å². The number of anilines is 1. The minimum Gasteiger partial charge on any atom is -0.322 e. The minimum absolute atomic E-state index is 0.233. The van der Waals surface area contributed by atoms with Gasteiger partial charge in [-0.3, -0.25) is 4.79 Å². The van der Waals surface area contributed by atoms with Crippen molar-refractivity contribution in [3.8, 4) is 21.7 Å². The molecular weight excluding hydrogens is 380 g/mol. The summed E-state index contributed by atoms with van der Waals surface area (Å²) in [5.41, 5.74) is 4.85. The molecule has 3 aromatic heterocycles. The summed E-state index contributed by atoms with van der Waals surface area (Å²) in [6.07, 6.45) is 3.27. The lowest BCUT2D eigenvalue weighted by atomic mass is 10.1. The Labute approximate surface area is 171 Å². The fourth-order valence-corrected chi connectivity index (χ4v) is 3.97. The number of nitrogens with zero attached hydrogens (tertiary/aromatic N) is 3. The lowest BCUT2D eigenvalue weighted by Crippen LogP contribution is -2.12. The van der Waals surface area contributed by atoms with Gasteiger partial charge in [0.2, 0.25) is 0 Å². The summed E-state index contributed by atoms with van der Waals surface area (Å²) in [6.45, 7) is 0. The van der Waals surface area contributed by atoms with Gasteiger partial charge in [-0.25, -0.2) is 9.50 Å². The van der Waals surface area contributed by atoms with Gasteiger partial charge in [0.15, 0.2) is 5.65 Å². The van der Waals surface area contributed by atoms with Crippen molar-refractivity contribution in [3.63, 3.8) is 0 Å². The van der Waals surface area contributed by atoms with E-state index in [0.717, 1.165) is 27.4 Å². The summed E-state index contributed by atoms with van der Waals surface area (Å²) in [5, 5.41) is 9.34. The third kappa shape index (κ3) is 3.30. The minimum atomic E-state index is -0.233. The van der Waals surface area contributed by atoms with Crippen molar-refractivity contribution in [3.05, 3.63) is 96.1 Å². The topological polar surface area (TPSA) is 59.3 Å². The van der Waals surface area contributed by atoms with Gasteiger partial charge in [-0.15, -0.1) is 11.3 Å². The molecule has 5 aromatic rings. The highest BCUT2D eigenvalue weighted by atomic mass is 32.1. The van der Waals surface area contributed by atoms with Crippen molar-refractivity contribution in [2.75, 3.05) is 5.32 Å². The van der Waals surface area contributed by atoms with Crippen LogP contribution in [0.4, 0.5) is 5.69 Å². The molecule has 0 spiro atoms. The number of rotatable bonds is 4. The first-order valence-corrected chi connectivity index (χ1v) is 10.0. The third-order valence-corrected chi connectivity index (χ3v) is 5.56. The van der Waals surface area contributed by atoms with Crippen molar-refractivity contribution < 1.29 is 4.79 Å². The van der Waals surface area contributed by atoms with E-state index in [-0.39, 0.29) is 5.91 Å². The summed E-state index contributed by atoms with van der Waals surface area (Å²) in [4.78, 5) is 18.3. The van der Waals surface area contributed by atoms with Crippen molar-refractivity contribution >= 4 is 28.6 Å². The summed E-state index contributed by atoms with van der Waals surface area (Å²) >= 11 is 1.62. The van der Waals surface area contributed by atoms with Gasteiger partial charge in [0, 0.05) is 11.9 Å². The Bertz CT molecular complexity index is 1280. The monoisotopic (exact) mass is 396 g/mol. The lowest BCUT2D eigenvalue weighted by molar-refractivity contribution is 0.102. The Balaban J connectivity index is 1.41. The number of carbonyl (C=O) groups excluding carboxylic acids is 1. The van der Waals surface area contributed by atoms with Crippen LogP contribution in [-0.4, -0.2) is 20.5 Å². The number of hydrogen-bond acceptors (Lipinski definition) is 4. The van der Waals surface area contributed by atoms with Crippen LogP contribution >= 0.6 is 11.3 Å². The highest BCUT2D eigenvalue weighted by molar-refractivity contribution is 7.13. The van der Waals surface area contributed by atoms with Crippen LogP contribution in [0.5, 0.6) is 0 Å². The Hall–Kier alpha value is -3.77. The van der Waals surface area contributed by atoms with Crippen molar-refractivity contribution in [2.24, 2.45) is 0 Å². The van der Waals surface area contributed by atoms with Gasteiger partial charge in [-0.2, -0.15) is 5.10 Å². The first kappa shape index (κ1) is 17.3. The predicted octanol–water partition coefficient (Wildman–Crippen LogP) is 5.38. The first-order chi connectivity index (χ1) is 14.3. The zero-order chi connectivity index (χ0) is 19.6. The quantitative estimate of drug-likeness (QED) is 0.444. The average Bonchev–Trinajstić information content (AvgIpc) is 3.45. The summed E-state index contributed by atoms with van der Waals surface area (Å²) in [5.74, 6) is -0.233. The number of amides is 1. The van der Waals surface area contributed by atoms with Crippen LogP contribution < -0.4 is 5.32 Å². The molecule has 0 fully saturated rings. The zero-order valence-corrected chi connectivity index (χ0v) is 16.1. The van der Waals surface area contributed by atoms with Crippen molar-refractivity contribution in [2.45, 2.75) is 0 Å². The number of fused-ring (bicyclic) bond motifs is 1. The smallest absolute Gasteiger partial charge is 0.261 e. The van der Waals surface area contributed by atoms with E-state index < -0.39 is 0 Å². The average molecular weight is 396 g/mol. The summed E-state index contributed by atoms with van der Waals surface area (Å²) in [7, 11) is 0. The van der Waals surface area contributed by atoms with E-state index in [1.165, 1.54) is 0 Å². The Kier molecular flexibility index (Phi) is 4.38. The number of benzene rings is 2. The Morgan fingerprint density at radius 1 is 0.897 bits per heavy atom. The zero-order valence-electron chi connectivity index (χ0n) is 15.3. The molecule has 0 aliphatic rings. The van der Waals surface area contributed by atoms with E-state index in [9.17, 15) is 4.79 Å². The second kappa shape index (κ2) is 7.33. The SMILES string of the molecule is O=C(Nc1ccc(-c2ccccc2)cc1)c1cnn2c(-c3cccs3)ccnc12. The molecule has 3 heterocycles. The van der Waals surface area contributed by atoms with Crippen LogP contribution in [0.2, 0.25) is 0 Å². The van der Waals surface area contributed by atoms with Gasteiger partial charge in [-0.1, -0.05) is 48.5 Å². The molecule has 0 radical (unpaired) electrons. The normalized spacial score (nSPS) is 10.9. The van der Waals surface area contributed by atoms with E-state index in [2.05, 4.69) is 27.5 Å². The molecule has 1 N–H and O–H groups in total. The number of nitrogens with one attached hydrogen (secondary N) is 1. The molecule has 0 saturated heterocycles. The molecule has 6 heteroatoms.